The van der Waals surface area contributed by atoms with E-state index in [4.69, 9.17) is 10.5 Å². The lowest BCUT2D eigenvalue weighted by molar-refractivity contribution is -0.153. The molecule has 0 bridgehead atoms. The number of ether oxygens (including phenoxy) is 1. The van der Waals surface area contributed by atoms with Crippen LogP contribution >= 0.6 is 0 Å². The Hall–Kier alpha value is -3.35. The molecule has 0 aromatic heterocycles. The van der Waals surface area contributed by atoms with Crippen LogP contribution in [-0.4, -0.2) is 11.5 Å². The van der Waals surface area contributed by atoms with Gasteiger partial charge in [-0.2, -0.15) is 0 Å². The van der Waals surface area contributed by atoms with Gasteiger partial charge < -0.3 is 10.5 Å². The summed E-state index contributed by atoms with van der Waals surface area (Å²) in [4.78, 5) is 13.1. The van der Waals surface area contributed by atoms with Crippen molar-refractivity contribution in [2.45, 2.75) is 31.9 Å². The van der Waals surface area contributed by atoms with Gasteiger partial charge in [-0.1, -0.05) is 90.7 Å². The van der Waals surface area contributed by atoms with Gasteiger partial charge in [0.05, 0.1) is 0 Å². The fraction of sp³-hybridized carbons (Fsp3) is 0.222. The van der Waals surface area contributed by atoms with E-state index in [9.17, 15) is 4.79 Å². The largest absolute Gasteiger partial charge is 0.459 e. The SMILES string of the molecule is C[C@@H](C#Cc1ccccc1)[C@@](N)(CCc1ccccc1)C(=O)OCc1ccccc1. The van der Waals surface area contributed by atoms with Gasteiger partial charge in [0.25, 0.3) is 0 Å². The lowest BCUT2D eigenvalue weighted by atomic mass is 9.81. The van der Waals surface area contributed by atoms with Gasteiger partial charge in [0.1, 0.15) is 12.1 Å². The molecule has 0 fully saturated rings. The van der Waals surface area contributed by atoms with Crippen molar-refractivity contribution in [1.29, 1.82) is 0 Å². The Morgan fingerprint density at radius 2 is 1.43 bits per heavy atom. The van der Waals surface area contributed by atoms with Crippen molar-refractivity contribution in [3.8, 4) is 11.8 Å². The van der Waals surface area contributed by atoms with Gasteiger partial charge in [-0.3, -0.25) is 0 Å². The van der Waals surface area contributed by atoms with Crippen molar-refractivity contribution in [3.63, 3.8) is 0 Å². The quantitative estimate of drug-likeness (QED) is 0.462. The van der Waals surface area contributed by atoms with E-state index in [0.29, 0.717) is 12.8 Å². The smallest absolute Gasteiger partial charge is 0.327 e. The van der Waals surface area contributed by atoms with E-state index in [1.54, 1.807) is 0 Å². The van der Waals surface area contributed by atoms with E-state index in [2.05, 4.69) is 11.8 Å². The molecule has 2 N–H and O–H groups in total. The Balaban J connectivity index is 1.77. The third-order valence-electron chi connectivity index (χ3n) is 5.24. The van der Waals surface area contributed by atoms with Gasteiger partial charge in [0.2, 0.25) is 0 Å². The van der Waals surface area contributed by atoms with E-state index in [1.807, 2.05) is 97.9 Å². The van der Waals surface area contributed by atoms with Gasteiger partial charge in [-0.25, -0.2) is 4.79 Å². The molecule has 0 aliphatic heterocycles. The normalized spacial score (nSPS) is 13.4. The molecule has 3 heteroatoms. The molecule has 30 heavy (non-hydrogen) atoms. The summed E-state index contributed by atoms with van der Waals surface area (Å²) in [6.07, 6.45) is 1.13. The second-order valence-electron chi connectivity index (χ2n) is 7.44. The molecule has 0 amide bonds. The maximum absolute atomic E-state index is 13.1. The molecular weight excluding hydrogens is 370 g/mol. The zero-order valence-corrected chi connectivity index (χ0v) is 17.3. The number of hydrogen-bond donors (Lipinski definition) is 1. The Kier molecular flexibility index (Phi) is 7.43. The average molecular weight is 398 g/mol. The molecule has 0 unspecified atom stereocenters. The van der Waals surface area contributed by atoms with Crippen molar-refractivity contribution in [3.05, 3.63) is 108 Å². The second-order valence-corrected chi connectivity index (χ2v) is 7.44. The van der Waals surface area contributed by atoms with Gasteiger partial charge in [-0.15, -0.1) is 0 Å². The molecule has 2 atom stereocenters. The van der Waals surface area contributed by atoms with Crippen LogP contribution in [0.3, 0.4) is 0 Å². The van der Waals surface area contributed by atoms with E-state index >= 15 is 0 Å². The standard InChI is InChI=1S/C27H27NO2/c1-22(17-18-23-11-5-2-6-12-23)27(28,20-19-24-13-7-3-8-14-24)26(29)30-21-25-15-9-4-10-16-25/h2-16,22H,19-21,28H2,1H3/t22-,27-/m0/s1. The van der Waals surface area contributed by atoms with Crippen LogP contribution < -0.4 is 5.73 Å². The molecule has 3 aromatic carbocycles. The predicted octanol–water partition coefficient (Wildman–Crippen LogP) is 4.75. The number of esters is 1. The summed E-state index contributed by atoms with van der Waals surface area (Å²) in [5.41, 5.74) is 8.44. The molecule has 3 rings (SSSR count). The van der Waals surface area contributed by atoms with Crippen molar-refractivity contribution < 1.29 is 9.53 Å². The number of benzene rings is 3. The average Bonchev–Trinajstić information content (AvgIpc) is 2.81. The minimum Gasteiger partial charge on any atom is -0.459 e. The molecule has 0 heterocycles. The highest BCUT2D eigenvalue weighted by molar-refractivity contribution is 5.81. The predicted molar refractivity (Wildman–Crippen MR) is 120 cm³/mol. The van der Waals surface area contributed by atoms with Crippen LogP contribution in [0.25, 0.3) is 0 Å². The summed E-state index contributed by atoms with van der Waals surface area (Å²) >= 11 is 0. The fourth-order valence-electron chi connectivity index (χ4n) is 3.19. The summed E-state index contributed by atoms with van der Waals surface area (Å²) < 4.78 is 5.62. The summed E-state index contributed by atoms with van der Waals surface area (Å²) in [5, 5.41) is 0. The summed E-state index contributed by atoms with van der Waals surface area (Å²) in [5.74, 6) is 5.53. The first-order valence-electron chi connectivity index (χ1n) is 10.2. The zero-order valence-electron chi connectivity index (χ0n) is 17.3. The molecule has 0 saturated heterocycles. The first-order valence-corrected chi connectivity index (χ1v) is 10.2. The van der Waals surface area contributed by atoms with Crippen LogP contribution in [0.2, 0.25) is 0 Å². The van der Waals surface area contributed by atoms with Gasteiger partial charge >= 0.3 is 5.97 Å². The molecule has 3 nitrogen and oxygen atoms in total. The Labute approximate surface area is 178 Å². The Morgan fingerprint density at radius 3 is 2.03 bits per heavy atom. The number of hydrogen-bond acceptors (Lipinski definition) is 3. The lowest BCUT2D eigenvalue weighted by Gasteiger charge is -2.30. The van der Waals surface area contributed by atoms with Gasteiger partial charge in [-0.05, 0) is 43.0 Å². The number of carbonyl (C=O) groups excluding carboxylic acids is 1. The van der Waals surface area contributed by atoms with Crippen molar-refractivity contribution in [1.82, 2.24) is 0 Å². The van der Waals surface area contributed by atoms with Crippen LogP contribution in [0.4, 0.5) is 0 Å². The third kappa shape index (κ3) is 5.83. The van der Waals surface area contributed by atoms with E-state index in [1.165, 1.54) is 0 Å². The molecular formula is C27H27NO2. The third-order valence-corrected chi connectivity index (χ3v) is 5.24. The summed E-state index contributed by atoms with van der Waals surface area (Å²) in [6.45, 7) is 2.09. The van der Waals surface area contributed by atoms with E-state index < -0.39 is 11.5 Å². The van der Waals surface area contributed by atoms with Gasteiger partial charge in [0.15, 0.2) is 0 Å². The molecule has 0 spiro atoms. The maximum Gasteiger partial charge on any atom is 0.327 e. The molecule has 0 aliphatic carbocycles. The number of nitrogens with two attached hydrogens (primary N) is 1. The Bertz CT molecular complexity index is 991. The topological polar surface area (TPSA) is 52.3 Å². The van der Waals surface area contributed by atoms with Crippen LogP contribution in [-0.2, 0) is 22.6 Å². The van der Waals surface area contributed by atoms with Crippen molar-refractivity contribution in [2.75, 3.05) is 0 Å². The van der Waals surface area contributed by atoms with Gasteiger partial charge in [0, 0.05) is 11.5 Å². The monoisotopic (exact) mass is 397 g/mol. The molecule has 0 radical (unpaired) electrons. The van der Waals surface area contributed by atoms with Crippen LogP contribution in [0, 0.1) is 17.8 Å². The first kappa shape index (κ1) is 21.4. The number of aryl methyl sites for hydroxylation is 1. The minimum atomic E-state index is -1.20. The van der Waals surface area contributed by atoms with Crippen LogP contribution in [0.15, 0.2) is 91.0 Å². The number of rotatable bonds is 7. The molecule has 3 aromatic rings. The highest BCUT2D eigenvalue weighted by Crippen LogP contribution is 2.24. The van der Waals surface area contributed by atoms with Crippen molar-refractivity contribution in [2.24, 2.45) is 11.7 Å². The van der Waals surface area contributed by atoms with Crippen molar-refractivity contribution >= 4 is 5.97 Å². The first-order chi connectivity index (χ1) is 14.6. The van der Waals surface area contributed by atoms with Crippen LogP contribution in [0.1, 0.15) is 30.0 Å². The minimum absolute atomic E-state index is 0.197. The Morgan fingerprint density at radius 1 is 0.900 bits per heavy atom. The van der Waals surface area contributed by atoms with Crippen LogP contribution in [0.5, 0.6) is 0 Å². The number of carbonyl (C=O) groups is 1. The highest BCUT2D eigenvalue weighted by atomic mass is 16.5. The lowest BCUT2D eigenvalue weighted by Crippen LogP contribution is -2.54. The second kappa shape index (κ2) is 10.4. The zero-order chi connectivity index (χ0) is 21.2. The molecule has 0 saturated carbocycles. The summed E-state index contributed by atoms with van der Waals surface area (Å²) in [7, 11) is 0. The summed E-state index contributed by atoms with van der Waals surface area (Å²) in [6, 6.07) is 29.3. The molecule has 152 valence electrons. The highest BCUT2D eigenvalue weighted by Gasteiger charge is 2.40. The maximum atomic E-state index is 13.1. The van der Waals surface area contributed by atoms with E-state index in [0.717, 1.165) is 16.7 Å². The van der Waals surface area contributed by atoms with E-state index in [-0.39, 0.29) is 12.5 Å². The molecule has 0 aliphatic rings. The fourth-order valence-corrected chi connectivity index (χ4v) is 3.19.